The van der Waals surface area contributed by atoms with Crippen molar-refractivity contribution in [3.8, 4) is 0 Å². The number of hydrogen-bond donors (Lipinski definition) is 1. The number of aliphatic carboxylic acids is 1. The predicted octanol–water partition coefficient (Wildman–Crippen LogP) is 3.56. The van der Waals surface area contributed by atoms with Crippen molar-refractivity contribution in [3.63, 3.8) is 0 Å². The lowest BCUT2D eigenvalue weighted by molar-refractivity contribution is -0.144. The Morgan fingerprint density at radius 1 is 1.32 bits per heavy atom. The number of Topliss-reactive ketones (excluding diaryl/α,β-unsaturated/α-hetero) is 1. The van der Waals surface area contributed by atoms with Crippen LogP contribution in [0.2, 0.25) is 0 Å². The van der Waals surface area contributed by atoms with Crippen LogP contribution in [0.25, 0.3) is 0 Å². The summed E-state index contributed by atoms with van der Waals surface area (Å²) in [6.07, 6.45) is -4.73. The molecule has 0 aromatic carbocycles. The zero-order valence-corrected chi connectivity index (χ0v) is 12.9. The number of hydrogen-bond acceptors (Lipinski definition) is 3. The first-order chi connectivity index (χ1) is 9.86. The van der Waals surface area contributed by atoms with Crippen molar-refractivity contribution < 1.29 is 27.9 Å². The number of nitrogens with zero attached hydrogens (tertiary/aromatic N) is 2. The first kappa shape index (κ1) is 18.2. The summed E-state index contributed by atoms with van der Waals surface area (Å²) < 4.78 is 39.1. The number of alkyl halides is 3. The van der Waals surface area contributed by atoms with Gasteiger partial charge < -0.3 is 5.11 Å². The molecule has 1 heterocycles. The third-order valence-electron chi connectivity index (χ3n) is 2.97. The monoisotopic (exact) mass is 320 g/mol. The highest BCUT2D eigenvalue weighted by Crippen LogP contribution is 2.31. The Kier molecular flexibility index (Phi) is 5.04. The molecule has 22 heavy (non-hydrogen) atoms. The number of carboxylic acid groups (broad SMARTS) is 1. The molecule has 1 aromatic rings. The van der Waals surface area contributed by atoms with Crippen LogP contribution in [0.4, 0.5) is 13.2 Å². The van der Waals surface area contributed by atoms with Crippen molar-refractivity contribution in [1.29, 1.82) is 0 Å². The minimum absolute atomic E-state index is 0.00789. The standard InChI is InChI=1S/C14H19F3N2O3/c1-5-8(12(21)22)19-9(10(20)7-13(2,3)4)6-11(18-19)14(15,16)17/h6,8H,5,7H2,1-4H3,(H,21,22). The van der Waals surface area contributed by atoms with Gasteiger partial charge in [0.05, 0.1) is 0 Å². The van der Waals surface area contributed by atoms with Crippen LogP contribution in [0.3, 0.4) is 0 Å². The minimum atomic E-state index is -4.74. The lowest BCUT2D eigenvalue weighted by Gasteiger charge is -2.18. The van der Waals surface area contributed by atoms with Crippen LogP contribution in [-0.4, -0.2) is 26.6 Å². The molecule has 0 bridgehead atoms. The second kappa shape index (κ2) is 6.10. The number of halogens is 3. The zero-order valence-electron chi connectivity index (χ0n) is 12.9. The Morgan fingerprint density at radius 2 is 1.86 bits per heavy atom. The van der Waals surface area contributed by atoms with Gasteiger partial charge >= 0.3 is 12.1 Å². The smallest absolute Gasteiger partial charge is 0.435 e. The van der Waals surface area contributed by atoms with Gasteiger partial charge in [-0.1, -0.05) is 27.7 Å². The first-order valence-corrected chi connectivity index (χ1v) is 6.79. The fraction of sp³-hybridized carbons (Fsp3) is 0.643. The van der Waals surface area contributed by atoms with E-state index in [2.05, 4.69) is 5.10 Å². The lowest BCUT2D eigenvalue weighted by Crippen LogP contribution is -2.25. The van der Waals surface area contributed by atoms with Crippen LogP contribution in [0.5, 0.6) is 0 Å². The molecule has 0 fully saturated rings. The van der Waals surface area contributed by atoms with Gasteiger partial charge in [-0.25, -0.2) is 9.48 Å². The number of carbonyl (C=O) groups excluding carboxylic acids is 1. The molecule has 8 heteroatoms. The van der Waals surface area contributed by atoms with Crippen molar-refractivity contribution in [3.05, 3.63) is 17.5 Å². The number of carbonyl (C=O) groups is 2. The summed E-state index contributed by atoms with van der Waals surface area (Å²) >= 11 is 0. The predicted molar refractivity (Wildman–Crippen MR) is 72.6 cm³/mol. The molecule has 0 radical (unpaired) electrons. The third-order valence-corrected chi connectivity index (χ3v) is 2.97. The summed E-state index contributed by atoms with van der Waals surface area (Å²) in [5.74, 6) is -1.89. The van der Waals surface area contributed by atoms with Gasteiger partial charge in [0.15, 0.2) is 11.5 Å². The van der Waals surface area contributed by atoms with Gasteiger partial charge in [-0.05, 0) is 17.9 Å². The summed E-state index contributed by atoms with van der Waals surface area (Å²) in [5, 5.41) is 12.4. The van der Waals surface area contributed by atoms with Crippen molar-refractivity contribution in [1.82, 2.24) is 9.78 Å². The molecule has 1 unspecified atom stereocenters. The molecule has 1 N–H and O–H groups in total. The molecule has 0 saturated heterocycles. The van der Waals surface area contributed by atoms with Crippen molar-refractivity contribution >= 4 is 11.8 Å². The highest BCUT2D eigenvalue weighted by molar-refractivity contribution is 5.95. The van der Waals surface area contributed by atoms with E-state index in [0.717, 1.165) is 0 Å². The first-order valence-electron chi connectivity index (χ1n) is 6.79. The molecule has 0 aliphatic heterocycles. The van der Waals surface area contributed by atoms with Crippen LogP contribution < -0.4 is 0 Å². The normalized spacial score (nSPS) is 14.0. The SMILES string of the molecule is CCC(C(=O)O)n1nc(C(F)(F)F)cc1C(=O)CC(C)(C)C. The quantitative estimate of drug-likeness (QED) is 0.842. The van der Waals surface area contributed by atoms with E-state index in [0.29, 0.717) is 10.7 Å². The van der Waals surface area contributed by atoms with Crippen molar-refractivity contribution in [2.24, 2.45) is 5.41 Å². The van der Waals surface area contributed by atoms with Gasteiger partial charge in [-0.3, -0.25) is 4.79 Å². The van der Waals surface area contributed by atoms with Gasteiger partial charge in [0, 0.05) is 6.42 Å². The van der Waals surface area contributed by atoms with Gasteiger partial charge in [0.25, 0.3) is 0 Å². The van der Waals surface area contributed by atoms with E-state index < -0.39 is 35.1 Å². The molecule has 1 aromatic heterocycles. The molecule has 1 atom stereocenters. The summed E-state index contributed by atoms with van der Waals surface area (Å²) in [6, 6.07) is -0.685. The fourth-order valence-corrected chi connectivity index (χ4v) is 2.00. The molecule has 0 aliphatic carbocycles. The van der Waals surface area contributed by atoms with Crippen LogP contribution in [0, 0.1) is 5.41 Å². The third kappa shape index (κ3) is 4.32. The molecule has 1 rings (SSSR count). The minimum Gasteiger partial charge on any atom is -0.480 e. The Morgan fingerprint density at radius 3 is 2.23 bits per heavy atom. The molecule has 0 amide bonds. The molecular formula is C14H19F3N2O3. The van der Waals surface area contributed by atoms with E-state index in [1.165, 1.54) is 6.92 Å². The average molecular weight is 320 g/mol. The van der Waals surface area contributed by atoms with Gasteiger partial charge in [0.1, 0.15) is 11.7 Å². The van der Waals surface area contributed by atoms with Crippen LogP contribution >= 0.6 is 0 Å². The summed E-state index contributed by atoms with van der Waals surface area (Å²) in [6.45, 7) is 6.81. The van der Waals surface area contributed by atoms with Crippen molar-refractivity contribution in [2.75, 3.05) is 0 Å². The van der Waals surface area contributed by atoms with E-state index in [1.54, 1.807) is 20.8 Å². The van der Waals surface area contributed by atoms with Crippen LogP contribution in [-0.2, 0) is 11.0 Å². The largest absolute Gasteiger partial charge is 0.480 e. The molecule has 0 aliphatic rings. The number of rotatable bonds is 5. The van der Waals surface area contributed by atoms with Gasteiger partial charge in [-0.2, -0.15) is 18.3 Å². The lowest BCUT2D eigenvalue weighted by atomic mass is 9.89. The number of carboxylic acids is 1. The molecule has 124 valence electrons. The summed E-state index contributed by atoms with van der Waals surface area (Å²) in [4.78, 5) is 23.4. The highest BCUT2D eigenvalue weighted by Gasteiger charge is 2.38. The van der Waals surface area contributed by atoms with E-state index in [9.17, 15) is 22.8 Å². The second-order valence-corrected chi connectivity index (χ2v) is 6.28. The van der Waals surface area contributed by atoms with E-state index >= 15 is 0 Å². The maximum atomic E-state index is 12.8. The molecule has 0 saturated carbocycles. The molecule has 0 spiro atoms. The van der Waals surface area contributed by atoms with E-state index in [-0.39, 0.29) is 18.5 Å². The maximum Gasteiger partial charge on any atom is 0.435 e. The van der Waals surface area contributed by atoms with Gasteiger partial charge in [0.2, 0.25) is 0 Å². The number of aromatic nitrogens is 2. The second-order valence-electron chi connectivity index (χ2n) is 6.28. The Labute approximate surface area is 126 Å². The van der Waals surface area contributed by atoms with E-state index in [1.807, 2.05) is 0 Å². The van der Waals surface area contributed by atoms with Crippen LogP contribution in [0.15, 0.2) is 6.07 Å². The van der Waals surface area contributed by atoms with Crippen LogP contribution in [0.1, 0.15) is 62.8 Å². The van der Waals surface area contributed by atoms with E-state index in [4.69, 9.17) is 5.11 Å². The molecular weight excluding hydrogens is 301 g/mol. The number of ketones is 1. The zero-order chi connectivity index (χ0) is 17.3. The molecule has 5 nitrogen and oxygen atoms in total. The Balaban J connectivity index is 3.38. The Bertz CT molecular complexity index is 571. The van der Waals surface area contributed by atoms with Gasteiger partial charge in [-0.15, -0.1) is 0 Å². The topological polar surface area (TPSA) is 72.2 Å². The fourth-order valence-electron chi connectivity index (χ4n) is 2.00. The summed E-state index contributed by atoms with van der Waals surface area (Å²) in [5.41, 5.74) is -2.02. The average Bonchev–Trinajstić information content (AvgIpc) is 2.71. The Hall–Kier alpha value is -1.86. The maximum absolute atomic E-state index is 12.8. The highest BCUT2D eigenvalue weighted by atomic mass is 19.4. The van der Waals surface area contributed by atoms with Crippen molar-refractivity contribution in [2.45, 2.75) is 52.8 Å². The summed E-state index contributed by atoms with van der Waals surface area (Å²) in [7, 11) is 0.